The predicted octanol–water partition coefficient (Wildman–Crippen LogP) is 5.68. The largest absolute Gasteiger partial charge is 0.455 e. The fourth-order valence-electron chi connectivity index (χ4n) is 3.44. The smallest absolute Gasteiger partial charge is 0.272 e. The third-order valence-corrected chi connectivity index (χ3v) is 5.39. The minimum Gasteiger partial charge on any atom is -0.455 e. The first kappa shape index (κ1) is 22.0. The average Bonchev–Trinajstić information content (AvgIpc) is 3.40. The number of hydrogen-bond acceptors (Lipinski definition) is 5. The number of aryl methyl sites for hydroxylation is 2. The van der Waals surface area contributed by atoms with Crippen molar-refractivity contribution >= 4 is 29.4 Å². The molecule has 0 saturated carbocycles. The Bertz CT molecular complexity index is 1350. The first-order chi connectivity index (χ1) is 15.8. The number of benzene rings is 2. The van der Waals surface area contributed by atoms with E-state index in [0.717, 1.165) is 17.1 Å². The number of furan rings is 1. The molecule has 1 N–H and O–H groups in total. The molecular weight excluding hydrogens is 444 g/mol. The van der Waals surface area contributed by atoms with Crippen molar-refractivity contribution in [3.63, 3.8) is 0 Å². The van der Waals surface area contributed by atoms with Crippen LogP contribution in [0.2, 0.25) is 5.02 Å². The molecule has 8 nitrogen and oxygen atoms in total. The maximum atomic E-state index is 12.5. The van der Waals surface area contributed by atoms with Crippen LogP contribution in [0.15, 0.2) is 76.2 Å². The fraction of sp³-hybridized carbons (Fsp3) is 0.0833. The number of rotatable bonds is 6. The molecule has 0 aliphatic rings. The van der Waals surface area contributed by atoms with Gasteiger partial charge in [0.25, 0.3) is 11.6 Å². The number of halogens is 1. The second kappa shape index (κ2) is 9.13. The number of hydrazone groups is 1. The van der Waals surface area contributed by atoms with E-state index in [-0.39, 0.29) is 5.69 Å². The van der Waals surface area contributed by atoms with Gasteiger partial charge < -0.3 is 8.98 Å². The quantitative estimate of drug-likeness (QED) is 0.226. The molecule has 166 valence electrons. The van der Waals surface area contributed by atoms with Crippen LogP contribution < -0.4 is 5.43 Å². The van der Waals surface area contributed by atoms with Crippen LogP contribution in [0, 0.1) is 24.0 Å². The summed E-state index contributed by atoms with van der Waals surface area (Å²) in [5.74, 6) is 0.474. The van der Waals surface area contributed by atoms with Gasteiger partial charge in [-0.1, -0.05) is 11.6 Å². The highest BCUT2D eigenvalue weighted by Crippen LogP contribution is 2.25. The summed E-state index contributed by atoms with van der Waals surface area (Å²) in [4.78, 5) is 22.8. The number of amides is 1. The van der Waals surface area contributed by atoms with Crippen molar-refractivity contribution in [1.82, 2.24) is 9.99 Å². The van der Waals surface area contributed by atoms with Crippen molar-refractivity contribution in [2.45, 2.75) is 13.8 Å². The molecule has 2 aromatic carbocycles. The average molecular weight is 463 g/mol. The molecule has 0 fully saturated rings. The van der Waals surface area contributed by atoms with Crippen LogP contribution in [0.25, 0.3) is 17.0 Å². The summed E-state index contributed by atoms with van der Waals surface area (Å²) in [5.41, 5.74) is 6.42. The van der Waals surface area contributed by atoms with Gasteiger partial charge in [0.1, 0.15) is 11.5 Å². The lowest BCUT2D eigenvalue weighted by Crippen LogP contribution is -2.18. The van der Waals surface area contributed by atoms with Crippen molar-refractivity contribution in [3.8, 4) is 17.0 Å². The Hall–Kier alpha value is -4.17. The highest BCUT2D eigenvalue weighted by molar-refractivity contribution is 6.34. The normalized spacial score (nSPS) is 11.1. The number of aromatic nitrogens is 1. The number of nitro groups is 1. The maximum Gasteiger partial charge on any atom is 0.272 e. The summed E-state index contributed by atoms with van der Waals surface area (Å²) in [6.45, 7) is 4.00. The Kier molecular flexibility index (Phi) is 6.10. The third-order valence-electron chi connectivity index (χ3n) is 5.07. The van der Waals surface area contributed by atoms with E-state index in [4.69, 9.17) is 16.0 Å². The lowest BCUT2D eigenvalue weighted by molar-refractivity contribution is -0.384. The van der Waals surface area contributed by atoms with Gasteiger partial charge in [-0.25, -0.2) is 5.43 Å². The summed E-state index contributed by atoms with van der Waals surface area (Å²) in [5, 5.41) is 15.0. The van der Waals surface area contributed by atoms with Crippen LogP contribution in [0.5, 0.6) is 0 Å². The van der Waals surface area contributed by atoms with Gasteiger partial charge in [0.05, 0.1) is 21.7 Å². The predicted molar refractivity (Wildman–Crippen MR) is 126 cm³/mol. The van der Waals surface area contributed by atoms with Crippen LogP contribution in [-0.2, 0) is 0 Å². The zero-order valence-corrected chi connectivity index (χ0v) is 18.5. The maximum absolute atomic E-state index is 12.5. The molecular formula is C24H19ClN4O4. The van der Waals surface area contributed by atoms with Crippen molar-refractivity contribution in [1.29, 1.82) is 0 Å². The second-order valence-electron chi connectivity index (χ2n) is 7.32. The Labute approximate surface area is 194 Å². The number of carbonyl (C=O) groups is 1. The lowest BCUT2D eigenvalue weighted by Gasteiger charge is -2.11. The third kappa shape index (κ3) is 4.70. The molecule has 1 amide bonds. The van der Waals surface area contributed by atoms with Crippen molar-refractivity contribution in [2.75, 3.05) is 0 Å². The summed E-state index contributed by atoms with van der Waals surface area (Å²) < 4.78 is 7.71. The van der Waals surface area contributed by atoms with Crippen LogP contribution in [0.3, 0.4) is 0 Å². The van der Waals surface area contributed by atoms with Gasteiger partial charge in [0.15, 0.2) is 0 Å². The van der Waals surface area contributed by atoms with Crippen molar-refractivity contribution < 1.29 is 14.1 Å². The first-order valence-electron chi connectivity index (χ1n) is 9.96. The molecule has 0 aliphatic heterocycles. The molecule has 4 aromatic rings. The molecule has 0 atom stereocenters. The molecule has 2 heterocycles. The van der Waals surface area contributed by atoms with Crippen LogP contribution in [-0.4, -0.2) is 21.6 Å². The molecule has 0 spiro atoms. The van der Waals surface area contributed by atoms with E-state index in [0.29, 0.717) is 27.7 Å². The number of nitrogens with one attached hydrogen (secondary N) is 1. The number of non-ortho nitro benzene ring substituents is 1. The minimum atomic E-state index is -0.463. The molecule has 0 aliphatic carbocycles. The van der Waals surface area contributed by atoms with E-state index in [2.05, 4.69) is 10.5 Å². The van der Waals surface area contributed by atoms with Gasteiger partial charge in [-0.15, -0.1) is 0 Å². The summed E-state index contributed by atoms with van der Waals surface area (Å²) in [7, 11) is 0. The molecule has 33 heavy (non-hydrogen) atoms. The van der Waals surface area contributed by atoms with Crippen LogP contribution in [0.1, 0.15) is 27.5 Å². The lowest BCUT2D eigenvalue weighted by atomic mass is 10.1. The van der Waals surface area contributed by atoms with Crippen LogP contribution in [0.4, 0.5) is 5.69 Å². The number of nitrogens with zero attached hydrogens (tertiary/aromatic N) is 3. The highest BCUT2D eigenvalue weighted by Gasteiger charge is 2.13. The fourth-order valence-corrected chi connectivity index (χ4v) is 3.70. The van der Waals surface area contributed by atoms with Crippen molar-refractivity contribution in [3.05, 3.63) is 105 Å². The summed E-state index contributed by atoms with van der Waals surface area (Å²) in [6, 6.07) is 18.6. The van der Waals surface area contributed by atoms with Crippen molar-refractivity contribution in [2.24, 2.45) is 5.10 Å². The van der Waals surface area contributed by atoms with Crippen LogP contribution >= 0.6 is 11.6 Å². The van der Waals surface area contributed by atoms with Gasteiger partial charge in [0, 0.05) is 34.8 Å². The van der Waals surface area contributed by atoms with E-state index in [1.807, 2.05) is 36.6 Å². The SMILES string of the molecule is Cc1ccc(C)n1-c1ccc(C(=O)N/N=C\c2ccc(-c3ccc([N+](=O)[O-])cc3)o2)c(Cl)c1. The van der Waals surface area contributed by atoms with E-state index in [1.165, 1.54) is 18.3 Å². The number of nitro benzene ring substituents is 1. The number of carbonyl (C=O) groups excluding carboxylic acids is 1. The Morgan fingerprint density at radius 2 is 1.76 bits per heavy atom. The van der Waals surface area contributed by atoms with E-state index in [1.54, 1.807) is 36.4 Å². The molecule has 0 bridgehead atoms. The minimum absolute atomic E-state index is 0.000117. The topological polar surface area (TPSA) is 103 Å². The monoisotopic (exact) mass is 462 g/mol. The molecule has 2 aromatic heterocycles. The standard InChI is InChI=1S/C24H19ClN4O4/c1-15-3-4-16(2)28(15)19-9-11-21(22(25)13-19)24(30)27-26-14-20-10-12-23(33-20)17-5-7-18(8-6-17)29(31)32/h3-14H,1-2H3,(H,27,30)/b26-14-. The molecule has 4 rings (SSSR count). The zero-order chi connectivity index (χ0) is 23.5. The highest BCUT2D eigenvalue weighted by atomic mass is 35.5. The van der Waals surface area contributed by atoms with Gasteiger partial charge in [-0.2, -0.15) is 5.10 Å². The second-order valence-corrected chi connectivity index (χ2v) is 7.73. The Morgan fingerprint density at radius 1 is 1.06 bits per heavy atom. The van der Waals surface area contributed by atoms with Gasteiger partial charge >= 0.3 is 0 Å². The zero-order valence-electron chi connectivity index (χ0n) is 17.8. The molecule has 9 heteroatoms. The van der Waals surface area contributed by atoms with E-state index < -0.39 is 10.8 Å². The molecule has 0 radical (unpaired) electrons. The van der Waals surface area contributed by atoms with E-state index in [9.17, 15) is 14.9 Å². The van der Waals surface area contributed by atoms with E-state index >= 15 is 0 Å². The molecule has 0 saturated heterocycles. The molecule has 0 unspecified atom stereocenters. The Morgan fingerprint density at radius 3 is 2.39 bits per heavy atom. The Balaban J connectivity index is 1.43. The summed E-state index contributed by atoms with van der Waals surface area (Å²) >= 11 is 6.36. The first-order valence-corrected chi connectivity index (χ1v) is 10.3. The van der Waals surface area contributed by atoms with Gasteiger partial charge in [-0.05, 0) is 68.4 Å². The summed E-state index contributed by atoms with van der Waals surface area (Å²) in [6.07, 6.45) is 1.36. The number of hydrogen-bond donors (Lipinski definition) is 1. The van der Waals surface area contributed by atoms with Gasteiger partial charge in [0.2, 0.25) is 0 Å². The van der Waals surface area contributed by atoms with Gasteiger partial charge in [-0.3, -0.25) is 14.9 Å².